The molecule has 176 valence electrons. The van der Waals surface area contributed by atoms with Crippen molar-refractivity contribution in [2.45, 2.75) is 19.8 Å². The van der Waals surface area contributed by atoms with Crippen molar-refractivity contribution in [3.05, 3.63) is 95.6 Å². The Bertz CT molecular complexity index is 1060. The monoisotopic (exact) mass is 455 g/mol. The van der Waals surface area contributed by atoms with Crippen LogP contribution in [-0.2, 0) is 9.31 Å². The second-order valence-electron chi connectivity index (χ2n) is 8.80. The van der Waals surface area contributed by atoms with Gasteiger partial charge in [0.25, 0.3) is 0 Å². The minimum absolute atomic E-state index is 0.270. The van der Waals surface area contributed by atoms with Crippen LogP contribution in [0.25, 0.3) is 11.1 Å². The molecule has 1 saturated heterocycles. The zero-order valence-corrected chi connectivity index (χ0v) is 20.5. The lowest BCUT2D eigenvalue weighted by atomic mass is 9.77. The van der Waals surface area contributed by atoms with Gasteiger partial charge >= 0.3 is 7.12 Å². The van der Waals surface area contributed by atoms with E-state index < -0.39 is 0 Å². The van der Waals surface area contributed by atoms with Gasteiger partial charge in [-0.15, -0.1) is 0 Å². The first-order valence-electron chi connectivity index (χ1n) is 12.2. The maximum atomic E-state index is 5.93. The van der Waals surface area contributed by atoms with Crippen LogP contribution in [0.1, 0.15) is 36.5 Å². The van der Waals surface area contributed by atoms with E-state index in [-0.39, 0.29) is 7.12 Å². The van der Waals surface area contributed by atoms with Crippen LogP contribution < -0.4 is 10.2 Å². The molecule has 0 atom stereocenters. The van der Waals surface area contributed by atoms with Crippen LogP contribution in [0, 0.1) is 0 Å². The first-order chi connectivity index (χ1) is 16.7. The average molecular weight is 455 g/mol. The summed E-state index contributed by atoms with van der Waals surface area (Å²) >= 11 is 0. The molecule has 0 aromatic heterocycles. The molecular weight excluding hydrogens is 421 g/mol. The highest BCUT2D eigenvalue weighted by atomic mass is 16.6. The quantitative estimate of drug-likeness (QED) is 0.331. The summed E-state index contributed by atoms with van der Waals surface area (Å²) in [4.78, 5) is 2.12. The Labute approximate surface area is 204 Å². The Morgan fingerprint density at radius 2 is 1.44 bits per heavy atom. The third-order valence-electron chi connectivity index (χ3n) is 6.03. The van der Waals surface area contributed by atoms with Crippen molar-refractivity contribution in [1.29, 1.82) is 0 Å². The molecule has 3 aromatic rings. The zero-order chi connectivity index (χ0) is 23.8. The van der Waals surface area contributed by atoms with Gasteiger partial charge in [-0.2, -0.15) is 0 Å². The highest BCUT2D eigenvalue weighted by Gasteiger charge is 2.24. The number of rotatable bonds is 9. The molecule has 0 amide bonds. The van der Waals surface area contributed by atoms with Gasteiger partial charge < -0.3 is 18.9 Å². The smallest absolute Gasteiger partial charge is 0.492 e. The van der Waals surface area contributed by atoms with E-state index in [0.29, 0.717) is 6.61 Å². The molecule has 0 radical (unpaired) electrons. The lowest BCUT2D eigenvalue weighted by Gasteiger charge is -2.21. The van der Waals surface area contributed by atoms with Crippen LogP contribution in [0.15, 0.2) is 78.9 Å². The van der Waals surface area contributed by atoms with E-state index in [1.54, 1.807) is 0 Å². The van der Waals surface area contributed by atoms with Gasteiger partial charge in [-0.05, 0) is 72.4 Å². The minimum Gasteiger partial charge on any atom is -0.492 e. The fourth-order valence-corrected chi connectivity index (χ4v) is 4.23. The van der Waals surface area contributed by atoms with Gasteiger partial charge in [-0.3, -0.25) is 0 Å². The minimum atomic E-state index is -0.270. The Balaban J connectivity index is 1.69. The summed E-state index contributed by atoms with van der Waals surface area (Å²) in [6.45, 7) is 5.27. The molecule has 0 spiro atoms. The zero-order valence-electron chi connectivity index (χ0n) is 20.5. The third kappa shape index (κ3) is 6.18. The Morgan fingerprint density at radius 3 is 2.03 bits per heavy atom. The molecule has 0 bridgehead atoms. The van der Waals surface area contributed by atoms with E-state index >= 15 is 0 Å². The largest absolute Gasteiger partial charge is 0.493 e. The van der Waals surface area contributed by atoms with Crippen molar-refractivity contribution < 1.29 is 14.0 Å². The van der Waals surface area contributed by atoms with Crippen molar-refractivity contribution in [3.63, 3.8) is 0 Å². The van der Waals surface area contributed by atoms with Crippen molar-refractivity contribution in [3.8, 4) is 5.75 Å². The topological polar surface area (TPSA) is 30.9 Å². The molecule has 1 fully saturated rings. The number of likely N-dealkylation sites (N-methyl/N-ethyl adjacent to an activating group) is 1. The third-order valence-corrected chi connectivity index (χ3v) is 6.03. The first-order valence-corrected chi connectivity index (χ1v) is 12.2. The van der Waals surface area contributed by atoms with E-state index in [4.69, 9.17) is 14.0 Å². The summed E-state index contributed by atoms with van der Waals surface area (Å²) in [5, 5.41) is 0. The Morgan fingerprint density at radius 1 is 0.824 bits per heavy atom. The van der Waals surface area contributed by atoms with Crippen LogP contribution in [0.2, 0.25) is 0 Å². The van der Waals surface area contributed by atoms with Crippen molar-refractivity contribution in [1.82, 2.24) is 4.90 Å². The molecule has 1 aliphatic heterocycles. The van der Waals surface area contributed by atoms with Gasteiger partial charge in [0.1, 0.15) is 12.4 Å². The molecule has 1 aliphatic rings. The SMILES string of the molecule is CC/C(=C(\c1ccc(OCCN(C)C)cc1)c1ccc(B2OCCCO2)cc1)c1ccccc1. The summed E-state index contributed by atoms with van der Waals surface area (Å²) in [5.74, 6) is 0.893. The fourth-order valence-electron chi connectivity index (χ4n) is 4.23. The van der Waals surface area contributed by atoms with Gasteiger partial charge in [-0.1, -0.05) is 73.7 Å². The number of nitrogens with zero attached hydrogens (tertiary/aromatic N) is 1. The van der Waals surface area contributed by atoms with Crippen molar-refractivity contribution in [2.75, 3.05) is 40.5 Å². The van der Waals surface area contributed by atoms with Crippen molar-refractivity contribution >= 4 is 23.7 Å². The highest BCUT2D eigenvalue weighted by Crippen LogP contribution is 2.34. The number of ether oxygens (including phenoxy) is 1. The van der Waals surface area contributed by atoms with E-state index in [1.165, 1.54) is 27.8 Å². The molecule has 34 heavy (non-hydrogen) atoms. The van der Waals surface area contributed by atoms with Crippen LogP contribution >= 0.6 is 0 Å². The maximum Gasteiger partial charge on any atom is 0.493 e. The second kappa shape index (κ2) is 12.0. The number of hydrogen-bond donors (Lipinski definition) is 0. The molecular formula is C29H34BNO3. The predicted molar refractivity (Wildman–Crippen MR) is 141 cm³/mol. The number of benzene rings is 3. The molecule has 4 nitrogen and oxygen atoms in total. The molecule has 1 heterocycles. The molecule has 0 N–H and O–H groups in total. The van der Waals surface area contributed by atoms with Gasteiger partial charge in [0.15, 0.2) is 0 Å². The van der Waals surface area contributed by atoms with Crippen LogP contribution in [0.4, 0.5) is 0 Å². The number of allylic oxidation sites excluding steroid dienone is 1. The lowest BCUT2D eigenvalue weighted by Crippen LogP contribution is -2.40. The normalized spacial score (nSPS) is 14.8. The molecule has 0 unspecified atom stereocenters. The van der Waals surface area contributed by atoms with Gasteiger partial charge in [0, 0.05) is 19.8 Å². The maximum absolute atomic E-state index is 5.93. The second-order valence-corrected chi connectivity index (χ2v) is 8.80. The average Bonchev–Trinajstić information content (AvgIpc) is 2.89. The van der Waals surface area contributed by atoms with E-state index in [1.807, 2.05) is 0 Å². The summed E-state index contributed by atoms with van der Waals surface area (Å²) < 4.78 is 17.5. The molecule has 5 heteroatoms. The Kier molecular flexibility index (Phi) is 8.59. The summed E-state index contributed by atoms with van der Waals surface area (Å²) in [6.07, 6.45) is 1.88. The van der Waals surface area contributed by atoms with E-state index in [9.17, 15) is 0 Å². The fraction of sp³-hybridized carbons (Fsp3) is 0.310. The molecule has 0 aliphatic carbocycles. The van der Waals surface area contributed by atoms with Crippen LogP contribution in [0.3, 0.4) is 0 Å². The molecule has 4 rings (SSSR count). The summed E-state index contributed by atoms with van der Waals surface area (Å²) in [7, 11) is 3.84. The van der Waals surface area contributed by atoms with Gasteiger partial charge in [0.05, 0.1) is 0 Å². The number of hydrogen-bond acceptors (Lipinski definition) is 4. The van der Waals surface area contributed by atoms with Gasteiger partial charge in [0.2, 0.25) is 0 Å². The summed E-state index contributed by atoms with van der Waals surface area (Å²) in [5.41, 5.74) is 7.23. The Hall–Kier alpha value is -2.86. The lowest BCUT2D eigenvalue weighted by molar-refractivity contribution is 0.143. The van der Waals surface area contributed by atoms with Crippen LogP contribution in [-0.4, -0.2) is 52.5 Å². The van der Waals surface area contributed by atoms with Crippen LogP contribution in [0.5, 0.6) is 5.75 Å². The van der Waals surface area contributed by atoms with E-state index in [0.717, 1.165) is 43.8 Å². The highest BCUT2D eigenvalue weighted by molar-refractivity contribution is 6.61. The first kappa shape index (κ1) is 24.3. The summed E-state index contributed by atoms with van der Waals surface area (Å²) in [6, 6.07) is 27.8. The van der Waals surface area contributed by atoms with E-state index in [2.05, 4.69) is 105 Å². The molecule has 0 saturated carbocycles. The predicted octanol–water partition coefficient (Wildman–Crippen LogP) is 5.13. The van der Waals surface area contributed by atoms with Crippen molar-refractivity contribution in [2.24, 2.45) is 0 Å². The standard InChI is InChI=1S/C29H34BNO3/c1-4-28(23-9-6-5-7-10-23)29(25-13-17-27(18-14-25)32-22-19-31(2)3)24-11-15-26(16-12-24)30-33-20-8-21-34-30/h5-7,9-18H,4,8,19-22H2,1-3H3/b29-28+. The molecule has 3 aromatic carbocycles. The van der Waals surface area contributed by atoms with Gasteiger partial charge in [-0.25, -0.2) is 0 Å².